The van der Waals surface area contributed by atoms with Crippen LogP contribution in [0, 0.1) is 16.7 Å². The van der Waals surface area contributed by atoms with E-state index in [9.17, 15) is 10.1 Å². The predicted molar refractivity (Wildman–Crippen MR) is 106 cm³/mol. The third-order valence-electron chi connectivity index (χ3n) is 5.13. The first-order valence-corrected chi connectivity index (χ1v) is 10.1. The number of likely N-dealkylation sites (tertiary alicyclic amines) is 1. The minimum absolute atomic E-state index is 0.128. The second-order valence-corrected chi connectivity index (χ2v) is 9.73. The van der Waals surface area contributed by atoms with Crippen LogP contribution < -0.4 is 4.90 Å². The molecule has 4 rings (SSSR count). The summed E-state index contributed by atoms with van der Waals surface area (Å²) in [6, 6.07) is 4.46. The van der Waals surface area contributed by atoms with E-state index in [1.54, 1.807) is 22.4 Å². The van der Waals surface area contributed by atoms with Gasteiger partial charge in [-0.2, -0.15) is 5.26 Å². The summed E-state index contributed by atoms with van der Waals surface area (Å²) in [6.45, 7) is 10.9. The zero-order valence-corrected chi connectivity index (χ0v) is 17.0. The van der Waals surface area contributed by atoms with Crippen molar-refractivity contribution in [1.29, 1.82) is 5.26 Å². The summed E-state index contributed by atoms with van der Waals surface area (Å²) in [4.78, 5) is 22.9. The van der Waals surface area contributed by atoms with Crippen LogP contribution in [0.2, 0.25) is 0 Å². The summed E-state index contributed by atoms with van der Waals surface area (Å²) in [7, 11) is 0. The molecule has 1 amide bonds. The van der Waals surface area contributed by atoms with Gasteiger partial charge in [-0.1, -0.05) is 6.92 Å². The van der Waals surface area contributed by atoms with Gasteiger partial charge in [0.25, 0.3) is 0 Å². The number of hydrogen-bond acceptors (Lipinski definition) is 6. The van der Waals surface area contributed by atoms with Crippen LogP contribution in [-0.2, 0) is 11.2 Å². The molecule has 27 heavy (non-hydrogen) atoms. The molecule has 2 fully saturated rings. The number of aryl methyl sites for hydroxylation is 1. The van der Waals surface area contributed by atoms with Crippen LogP contribution >= 0.6 is 11.3 Å². The molecule has 2 aliphatic heterocycles. The Kier molecular flexibility index (Phi) is 4.08. The van der Waals surface area contributed by atoms with Crippen molar-refractivity contribution in [3.63, 3.8) is 0 Å². The van der Waals surface area contributed by atoms with Gasteiger partial charge in [0, 0.05) is 48.1 Å². The molecule has 4 heterocycles. The molecule has 0 bridgehead atoms. The molecule has 0 aromatic carbocycles. The molecule has 2 aliphatic rings. The Morgan fingerprint density at radius 2 is 2.07 bits per heavy atom. The van der Waals surface area contributed by atoms with Crippen molar-refractivity contribution in [3.8, 4) is 6.07 Å². The monoisotopic (exact) mass is 384 g/mol. The zero-order valence-electron chi connectivity index (χ0n) is 16.2. The highest BCUT2D eigenvalue weighted by atomic mass is 32.1. The first-order valence-electron chi connectivity index (χ1n) is 9.28. The van der Waals surface area contributed by atoms with Gasteiger partial charge >= 0.3 is 6.09 Å². The molecule has 6 nitrogen and oxygen atoms in total. The highest BCUT2D eigenvalue weighted by Crippen LogP contribution is 2.45. The second-order valence-electron chi connectivity index (χ2n) is 8.61. The third-order valence-corrected chi connectivity index (χ3v) is 6.31. The van der Waals surface area contributed by atoms with E-state index in [4.69, 9.17) is 4.74 Å². The Balaban J connectivity index is 1.49. The summed E-state index contributed by atoms with van der Waals surface area (Å²) >= 11 is 1.70. The van der Waals surface area contributed by atoms with Crippen LogP contribution in [0.15, 0.2) is 12.3 Å². The van der Waals surface area contributed by atoms with Gasteiger partial charge in [-0.25, -0.2) is 9.78 Å². The number of pyridine rings is 1. The minimum atomic E-state index is -0.467. The summed E-state index contributed by atoms with van der Waals surface area (Å²) in [5.41, 5.74) is 1.29. The summed E-state index contributed by atoms with van der Waals surface area (Å²) in [6.07, 6.45) is 2.42. The van der Waals surface area contributed by atoms with Crippen molar-refractivity contribution < 1.29 is 9.53 Å². The SMILES string of the molecule is CCc1cc2c(N3CC4(CN(C(=O)OC(C)(C)C)C4)C3)c(C#N)cnc2s1. The molecule has 0 N–H and O–H groups in total. The van der Waals surface area contributed by atoms with E-state index in [1.807, 2.05) is 20.8 Å². The lowest BCUT2D eigenvalue weighted by Gasteiger charge is -2.60. The van der Waals surface area contributed by atoms with E-state index in [0.29, 0.717) is 5.56 Å². The lowest BCUT2D eigenvalue weighted by atomic mass is 9.72. The smallest absolute Gasteiger partial charge is 0.410 e. The lowest BCUT2D eigenvalue weighted by molar-refractivity contribution is -0.0452. The normalized spacial score (nSPS) is 18.2. The van der Waals surface area contributed by atoms with Crippen LogP contribution in [0.5, 0.6) is 0 Å². The Labute approximate surface area is 163 Å². The first-order chi connectivity index (χ1) is 12.7. The van der Waals surface area contributed by atoms with Gasteiger partial charge in [0.2, 0.25) is 0 Å². The fraction of sp³-hybridized carbons (Fsp3) is 0.550. The number of rotatable bonds is 2. The number of aromatic nitrogens is 1. The maximum absolute atomic E-state index is 12.2. The predicted octanol–water partition coefficient (Wildman–Crippen LogP) is 3.79. The molecule has 0 radical (unpaired) electrons. The highest BCUT2D eigenvalue weighted by Gasteiger charge is 2.54. The van der Waals surface area contributed by atoms with Gasteiger partial charge in [-0.05, 0) is 33.3 Å². The number of carbonyl (C=O) groups is 1. The van der Waals surface area contributed by atoms with Crippen LogP contribution in [-0.4, -0.2) is 47.8 Å². The number of nitrogens with zero attached hydrogens (tertiary/aromatic N) is 4. The molecule has 1 spiro atoms. The van der Waals surface area contributed by atoms with Gasteiger partial charge in [0.15, 0.2) is 0 Å². The number of amides is 1. The molecule has 7 heteroatoms. The number of ether oxygens (including phenoxy) is 1. The van der Waals surface area contributed by atoms with E-state index in [0.717, 1.165) is 48.5 Å². The first kappa shape index (κ1) is 18.1. The number of anilines is 1. The molecule has 142 valence electrons. The number of hydrogen-bond donors (Lipinski definition) is 0. The fourth-order valence-electron chi connectivity index (χ4n) is 3.96. The number of carbonyl (C=O) groups excluding carboxylic acids is 1. The fourth-order valence-corrected chi connectivity index (χ4v) is 4.90. The van der Waals surface area contributed by atoms with E-state index >= 15 is 0 Å². The molecule has 2 saturated heterocycles. The number of nitriles is 1. The summed E-state index contributed by atoms with van der Waals surface area (Å²) < 4.78 is 5.45. The average molecular weight is 385 g/mol. The summed E-state index contributed by atoms with van der Waals surface area (Å²) in [5, 5.41) is 10.6. The van der Waals surface area contributed by atoms with Crippen LogP contribution in [0.25, 0.3) is 10.2 Å². The van der Waals surface area contributed by atoms with Gasteiger partial charge in [-0.3, -0.25) is 0 Å². The van der Waals surface area contributed by atoms with Crippen molar-refractivity contribution in [2.75, 3.05) is 31.1 Å². The Morgan fingerprint density at radius 3 is 2.67 bits per heavy atom. The molecular weight excluding hydrogens is 360 g/mol. The standard InChI is InChI=1S/C20H24N4O2S/c1-5-14-6-15-16(13(7-21)8-22-17(15)27-14)23-9-20(10-23)11-24(12-20)18(25)26-19(2,3)4/h6,8H,5,9-12H2,1-4H3. The Bertz CT molecular complexity index is 939. The Morgan fingerprint density at radius 1 is 1.37 bits per heavy atom. The quantitative estimate of drug-likeness (QED) is 0.788. The van der Waals surface area contributed by atoms with Crippen molar-refractivity contribution in [2.24, 2.45) is 5.41 Å². The Hall–Kier alpha value is -2.33. The number of fused-ring (bicyclic) bond motifs is 1. The van der Waals surface area contributed by atoms with Crippen molar-refractivity contribution >= 4 is 33.3 Å². The minimum Gasteiger partial charge on any atom is -0.444 e. The van der Waals surface area contributed by atoms with Crippen LogP contribution in [0.1, 0.15) is 38.1 Å². The molecular formula is C20H24N4O2S. The molecule has 0 saturated carbocycles. The van der Waals surface area contributed by atoms with Gasteiger partial charge < -0.3 is 14.5 Å². The number of thiophene rings is 1. The topological polar surface area (TPSA) is 69.5 Å². The molecule has 2 aromatic rings. The maximum Gasteiger partial charge on any atom is 0.410 e. The highest BCUT2D eigenvalue weighted by molar-refractivity contribution is 7.18. The second kappa shape index (κ2) is 6.10. The van der Waals surface area contributed by atoms with Crippen LogP contribution in [0.4, 0.5) is 10.5 Å². The zero-order chi connectivity index (χ0) is 19.4. The largest absolute Gasteiger partial charge is 0.444 e. The molecule has 0 atom stereocenters. The van der Waals surface area contributed by atoms with E-state index in [1.165, 1.54) is 4.88 Å². The van der Waals surface area contributed by atoms with Crippen LogP contribution in [0.3, 0.4) is 0 Å². The van der Waals surface area contributed by atoms with Crippen molar-refractivity contribution in [3.05, 3.63) is 22.7 Å². The van der Waals surface area contributed by atoms with Crippen molar-refractivity contribution in [1.82, 2.24) is 9.88 Å². The third kappa shape index (κ3) is 3.12. The lowest BCUT2D eigenvalue weighted by Crippen LogP contribution is -2.73. The van der Waals surface area contributed by atoms with Gasteiger partial charge in [-0.15, -0.1) is 11.3 Å². The van der Waals surface area contributed by atoms with Crippen molar-refractivity contribution in [2.45, 2.75) is 39.7 Å². The van der Waals surface area contributed by atoms with Gasteiger partial charge in [0.1, 0.15) is 16.5 Å². The summed E-state index contributed by atoms with van der Waals surface area (Å²) in [5.74, 6) is 0. The average Bonchev–Trinajstić information content (AvgIpc) is 2.93. The molecule has 0 aliphatic carbocycles. The van der Waals surface area contributed by atoms with E-state index in [-0.39, 0.29) is 11.5 Å². The molecule has 0 unspecified atom stereocenters. The molecule has 2 aromatic heterocycles. The van der Waals surface area contributed by atoms with Gasteiger partial charge in [0.05, 0.1) is 11.3 Å². The maximum atomic E-state index is 12.2. The van der Waals surface area contributed by atoms with E-state index < -0.39 is 5.60 Å². The van der Waals surface area contributed by atoms with E-state index in [2.05, 4.69) is 28.9 Å².